The zero-order valence-electron chi connectivity index (χ0n) is 9.05. The first-order chi connectivity index (χ1) is 6.35. The number of amides is 2. The van der Waals surface area contributed by atoms with E-state index in [1.807, 2.05) is 12.2 Å². The molecular formula is C9H17NO4. The number of hydrogen-bond donors (Lipinski definition) is 1. The largest absolute Gasteiger partial charge is 0.445 e. The van der Waals surface area contributed by atoms with Crippen molar-refractivity contribution in [1.29, 1.82) is 0 Å². The van der Waals surface area contributed by atoms with E-state index in [2.05, 4.69) is 4.89 Å². The van der Waals surface area contributed by atoms with E-state index in [0.717, 1.165) is 0 Å². The molecule has 0 radical (unpaired) electrons. The van der Waals surface area contributed by atoms with Gasteiger partial charge < -0.3 is 0 Å². The number of imide groups is 1. The van der Waals surface area contributed by atoms with Crippen molar-refractivity contribution in [2.24, 2.45) is 0 Å². The van der Waals surface area contributed by atoms with Crippen molar-refractivity contribution in [3.8, 4) is 0 Å². The Morgan fingerprint density at radius 1 is 1.29 bits per heavy atom. The lowest BCUT2D eigenvalue weighted by Gasteiger charge is -2.16. The van der Waals surface area contributed by atoms with Gasteiger partial charge >= 0.3 is 6.09 Å². The van der Waals surface area contributed by atoms with Gasteiger partial charge in [0.15, 0.2) is 0 Å². The molecule has 0 aromatic carbocycles. The molecule has 14 heavy (non-hydrogen) atoms. The van der Waals surface area contributed by atoms with Crippen LogP contribution in [0.2, 0.25) is 0 Å². The third kappa shape index (κ3) is 7.54. The molecule has 0 aliphatic rings. The van der Waals surface area contributed by atoms with Gasteiger partial charge in [0.2, 0.25) is 5.91 Å². The van der Waals surface area contributed by atoms with Crippen LogP contribution in [-0.2, 0) is 14.6 Å². The van der Waals surface area contributed by atoms with Gasteiger partial charge in [0.1, 0.15) is 5.60 Å². The Labute approximate surface area is 83.7 Å². The second-order valence-electron chi connectivity index (χ2n) is 3.86. The maximum absolute atomic E-state index is 10.9. The SMILES string of the molecule is CCCC(=O)NC(=O)OOC(C)(C)C. The Balaban J connectivity index is 3.71. The summed E-state index contributed by atoms with van der Waals surface area (Å²) in [6, 6.07) is 0. The average molecular weight is 203 g/mol. The topological polar surface area (TPSA) is 64.6 Å². The lowest BCUT2D eigenvalue weighted by Crippen LogP contribution is -2.33. The summed E-state index contributed by atoms with van der Waals surface area (Å²) in [5.74, 6) is -0.366. The fourth-order valence-electron chi connectivity index (χ4n) is 0.587. The number of carbonyl (C=O) groups excluding carboxylic acids is 2. The van der Waals surface area contributed by atoms with Crippen molar-refractivity contribution < 1.29 is 19.4 Å². The molecule has 0 aliphatic heterocycles. The maximum Gasteiger partial charge on any atom is 0.445 e. The van der Waals surface area contributed by atoms with Crippen LogP contribution in [-0.4, -0.2) is 17.6 Å². The molecule has 0 spiro atoms. The van der Waals surface area contributed by atoms with Gasteiger partial charge in [-0.3, -0.25) is 15.0 Å². The highest BCUT2D eigenvalue weighted by atomic mass is 17.2. The van der Waals surface area contributed by atoms with E-state index >= 15 is 0 Å². The van der Waals surface area contributed by atoms with Crippen LogP contribution in [0.4, 0.5) is 4.79 Å². The van der Waals surface area contributed by atoms with E-state index in [4.69, 9.17) is 4.89 Å². The van der Waals surface area contributed by atoms with E-state index < -0.39 is 11.7 Å². The van der Waals surface area contributed by atoms with Crippen LogP contribution in [0.25, 0.3) is 0 Å². The molecule has 0 saturated heterocycles. The van der Waals surface area contributed by atoms with Gasteiger partial charge in [0, 0.05) is 6.42 Å². The highest BCUT2D eigenvalue weighted by molar-refractivity contribution is 5.91. The normalized spacial score (nSPS) is 10.9. The van der Waals surface area contributed by atoms with Gasteiger partial charge in [0.25, 0.3) is 0 Å². The van der Waals surface area contributed by atoms with Gasteiger partial charge in [-0.1, -0.05) is 6.92 Å². The maximum atomic E-state index is 10.9. The zero-order valence-corrected chi connectivity index (χ0v) is 9.05. The van der Waals surface area contributed by atoms with Crippen LogP contribution >= 0.6 is 0 Å². The molecule has 0 saturated carbocycles. The second-order valence-corrected chi connectivity index (χ2v) is 3.86. The fourth-order valence-corrected chi connectivity index (χ4v) is 0.587. The molecule has 5 heteroatoms. The van der Waals surface area contributed by atoms with Crippen molar-refractivity contribution in [2.75, 3.05) is 0 Å². The summed E-state index contributed by atoms with van der Waals surface area (Å²) in [6.45, 7) is 7.03. The van der Waals surface area contributed by atoms with Crippen LogP contribution in [0.15, 0.2) is 0 Å². The summed E-state index contributed by atoms with van der Waals surface area (Å²) >= 11 is 0. The summed E-state index contributed by atoms with van der Waals surface area (Å²) < 4.78 is 0. The standard InChI is InChI=1S/C9H17NO4/c1-5-6-7(11)10-8(12)13-14-9(2,3)4/h5-6H2,1-4H3,(H,10,11,12). The smallest absolute Gasteiger partial charge is 0.275 e. The van der Waals surface area contributed by atoms with Gasteiger partial charge in [-0.25, -0.2) is 4.79 Å². The molecular weight excluding hydrogens is 186 g/mol. The van der Waals surface area contributed by atoms with E-state index in [0.29, 0.717) is 12.8 Å². The molecule has 5 nitrogen and oxygen atoms in total. The summed E-state index contributed by atoms with van der Waals surface area (Å²) in [5.41, 5.74) is -0.578. The third-order valence-electron chi connectivity index (χ3n) is 1.09. The van der Waals surface area contributed by atoms with Gasteiger partial charge in [0.05, 0.1) is 0 Å². The molecule has 0 aromatic rings. The molecule has 82 valence electrons. The molecule has 0 rings (SSSR count). The molecule has 0 atom stereocenters. The molecule has 0 heterocycles. The predicted octanol–water partition coefficient (Wildman–Crippen LogP) is 1.77. The number of rotatable bonds is 3. The van der Waals surface area contributed by atoms with E-state index in [1.54, 1.807) is 20.8 Å². The van der Waals surface area contributed by atoms with E-state index in [1.165, 1.54) is 0 Å². The van der Waals surface area contributed by atoms with Crippen molar-refractivity contribution >= 4 is 12.0 Å². The third-order valence-corrected chi connectivity index (χ3v) is 1.09. The first-order valence-corrected chi connectivity index (χ1v) is 4.54. The molecule has 0 bridgehead atoms. The summed E-state index contributed by atoms with van der Waals surface area (Å²) in [7, 11) is 0. The monoisotopic (exact) mass is 203 g/mol. The van der Waals surface area contributed by atoms with Crippen LogP contribution in [0.3, 0.4) is 0 Å². The van der Waals surface area contributed by atoms with Gasteiger partial charge in [-0.15, -0.1) is 0 Å². The number of carbonyl (C=O) groups is 2. The van der Waals surface area contributed by atoms with Gasteiger partial charge in [-0.05, 0) is 27.2 Å². The summed E-state index contributed by atoms with van der Waals surface area (Å²) in [6.07, 6.45) is 0.0995. The minimum absolute atomic E-state index is 0.296. The van der Waals surface area contributed by atoms with E-state index in [-0.39, 0.29) is 5.91 Å². The lowest BCUT2D eigenvalue weighted by molar-refractivity contribution is -0.300. The average Bonchev–Trinajstić information content (AvgIpc) is 2.00. The van der Waals surface area contributed by atoms with Crippen LogP contribution in [0.1, 0.15) is 40.5 Å². The Morgan fingerprint density at radius 3 is 2.29 bits per heavy atom. The van der Waals surface area contributed by atoms with Crippen LogP contribution in [0.5, 0.6) is 0 Å². The summed E-state index contributed by atoms with van der Waals surface area (Å²) in [4.78, 5) is 30.9. The first-order valence-electron chi connectivity index (χ1n) is 4.54. The molecule has 2 amide bonds. The van der Waals surface area contributed by atoms with Crippen molar-refractivity contribution in [3.05, 3.63) is 0 Å². The van der Waals surface area contributed by atoms with Crippen LogP contribution < -0.4 is 5.32 Å². The summed E-state index contributed by atoms with van der Waals surface area (Å²) in [5, 5.41) is 2.03. The Kier molecular flexibility index (Phi) is 5.15. The molecule has 0 unspecified atom stereocenters. The molecule has 1 N–H and O–H groups in total. The Hall–Kier alpha value is -1.10. The minimum atomic E-state index is -0.877. The van der Waals surface area contributed by atoms with Crippen molar-refractivity contribution in [3.63, 3.8) is 0 Å². The fraction of sp³-hybridized carbons (Fsp3) is 0.778. The van der Waals surface area contributed by atoms with Gasteiger partial charge in [-0.2, -0.15) is 4.89 Å². The second kappa shape index (κ2) is 5.59. The first kappa shape index (κ1) is 12.9. The highest BCUT2D eigenvalue weighted by Crippen LogP contribution is 2.06. The molecule has 0 aliphatic carbocycles. The highest BCUT2D eigenvalue weighted by Gasteiger charge is 2.16. The van der Waals surface area contributed by atoms with Crippen molar-refractivity contribution in [1.82, 2.24) is 5.32 Å². The van der Waals surface area contributed by atoms with Crippen molar-refractivity contribution in [2.45, 2.75) is 46.1 Å². The quantitative estimate of drug-likeness (QED) is 0.560. The Morgan fingerprint density at radius 2 is 1.86 bits per heavy atom. The number of nitrogens with one attached hydrogen (secondary N) is 1. The molecule has 0 fully saturated rings. The molecule has 0 aromatic heterocycles. The predicted molar refractivity (Wildman–Crippen MR) is 50.4 cm³/mol. The lowest BCUT2D eigenvalue weighted by atomic mass is 10.2. The number of hydrogen-bond acceptors (Lipinski definition) is 4. The Bertz CT molecular complexity index is 207. The minimum Gasteiger partial charge on any atom is -0.275 e. The van der Waals surface area contributed by atoms with Crippen LogP contribution in [0, 0.1) is 0 Å². The zero-order chi connectivity index (χ0) is 11.2. The van der Waals surface area contributed by atoms with E-state index in [9.17, 15) is 9.59 Å².